The molecule has 1 saturated heterocycles. The summed E-state index contributed by atoms with van der Waals surface area (Å²) in [5.41, 5.74) is 7.91. The maximum atomic E-state index is 10.7. The van der Waals surface area contributed by atoms with Crippen molar-refractivity contribution < 1.29 is 14.8 Å². The molecule has 7 nitrogen and oxygen atoms in total. The molecule has 11 heavy (non-hydrogen) atoms. The number of rotatable bonds is 1. The lowest BCUT2D eigenvalue weighted by Gasteiger charge is -2.00. The summed E-state index contributed by atoms with van der Waals surface area (Å²) in [6.45, 7) is 0. The Labute approximate surface area is 60.8 Å². The number of hydrogen-bond donors (Lipinski definition) is 1. The summed E-state index contributed by atoms with van der Waals surface area (Å²) in [4.78, 5) is 23.6. The molecule has 1 aliphatic heterocycles. The Kier molecular flexibility index (Phi) is 1.75. The number of imide groups is 1. The van der Waals surface area contributed by atoms with Crippen LogP contribution in [0, 0.1) is 0 Å². The molecule has 1 aliphatic rings. The smallest absolute Gasteiger partial charge is 0.262 e. The summed E-state index contributed by atoms with van der Waals surface area (Å²) in [6.07, 6.45) is -0.251. The minimum atomic E-state index is -1.07. The van der Waals surface area contributed by atoms with Gasteiger partial charge in [-0.2, -0.15) is 5.06 Å². The van der Waals surface area contributed by atoms with Crippen LogP contribution in [-0.2, 0) is 9.59 Å². The first-order valence-electron chi connectivity index (χ1n) is 2.76. The lowest BCUT2D eigenvalue weighted by Crippen LogP contribution is -2.27. The average molecular weight is 156 g/mol. The highest BCUT2D eigenvalue weighted by atomic mass is 16.5. The minimum absolute atomic E-state index is 0.0284. The van der Waals surface area contributed by atoms with E-state index in [-0.39, 0.29) is 11.5 Å². The lowest BCUT2D eigenvalue weighted by atomic mass is 10.3. The summed E-state index contributed by atoms with van der Waals surface area (Å²) < 4.78 is 0. The van der Waals surface area contributed by atoms with Crippen molar-refractivity contribution in [2.75, 3.05) is 0 Å². The largest absolute Gasteiger partial charge is 0.279 e. The van der Waals surface area contributed by atoms with Crippen LogP contribution in [-0.4, -0.2) is 28.1 Å². The Morgan fingerprint density at radius 3 is 2.73 bits per heavy atom. The molecule has 0 radical (unpaired) electrons. The number of nitrogens with zero attached hydrogens (tertiary/aromatic N) is 4. The van der Waals surface area contributed by atoms with E-state index in [9.17, 15) is 9.59 Å². The third kappa shape index (κ3) is 1.14. The van der Waals surface area contributed by atoms with Crippen LogP contribution in [0.3, 0.4) is 0 Å². The van der Waals surface area contributed by atoms with Crippen LogP contribution in [0.5, 0.6) is 0 Å². The van der Waals surface area contributed by atoms with Crippen molar-refractivity contribution >= 4 is 11.8 Å². The van der Waals surface area contributed by atoms with Gasteiger partial charge in [-0.1, -0.05) is 5.11 Å². The summed E-state index contributed by atoms with van der Waals surface area (Å²) in [5, 5.41) is 11.6. The van der Waals surface area contributed by atoms with Crippen molar-refractivity contribution in [3.8, 4) is 0 Å². The molecule has 0 aromatic rings. The number of carbonyl (C=O) groups is 2. The molecule has 0 bridgehead atoms. The van der Waals surface area contributed by atoms with Gasteiger partial charge in [-0.05, 0) is 5.53 Å². The molecule has 0 aromatic heterocycles. The van der Waals surface area contributed by atoms with Crippen molar-refractivity contribution in [3.05, 3.63) is 10.4 Å². The quantitative estimate of drug-likeness (QED) is 0.187. The summed E-state index contributed by atoms with van der Waals surface area (Å²) in [6, 6.07) is -1.07. The SMILES string of the molecule is [N-]=[N+]=NC1CC(=O)N(O)C1=O. The van der Waals surface area contributed by atoms with E-state index in [0.717, 1.165) is 0 Å². The molecule has 2 amide bonds. The zero-order valence-electron chi connectivity index (χ0n) is 5.34. The van der Waals surface area contributed by atoms with Crippen LogP contribution in [0.2, 0.25) is 0 Å². The molecule has 0 aliphatic carbocycles. The van der Waals surface area contributed by atoms with Crippen LogP contribution < -0.4 is 0 Å². The van der Waals surface area contributed by atoms with E-state index in [2.05, 4.69) is 10.0 Å². The van der Waals surface area contributed by atoms with Gasteiger partial charge in [0.25, 0.3) is 11.8 Å². The van der Waals surface area contributed by atoms with E-state index in [1.54, 1.807) is 0 Å². The van der Waals surface area contributed by atoms with Gasteiger partial charge in [0.2, 0.25) is 0 Å². The molecule has 1 fully saturated rings. The Morgan fingerprint density at radius 2 is 2.36 bits per heavy atom. The van der Waals surface area contributed by atoms with Crippen molar-refractivity contribution in [1.29, 1.82) is 0 Å². The summed E-state index contributed by atoms with van der Waals surface area (Å²) >= 11 is 0. The highest BCUT2D eigenvalue weighted by Crippen LogP contribution is 2.13. The molecule has 7 heteroatoms. The van der Waals surface area contributed by atoms with Gasteiger partial charge in [0, 0.05) is 11.3 Å². The first kappa shape index (κ1) is 7.52. The fourth-order valence-corrected chi connectivity index (χ4v) is 0.756. The Bertz CT molecular complexity index is 256. The van der Waals surface area contributed by atoms with Gasteiger partial charge in [0.1, 0.15) is 6.04 Å². The van der Waals surface area contributed by atoms with E-state index >= 15 is 0 Å². The van der Waals surface area contributed by atoms with Crippen molar-refractivity contribution in [2.45, 2.75) is 12.5 Å². The van der Waals surface area contributed by atoms with Gasteiger partial charge < -0.3 is 0 Å². The molecule has 0 aromatic carbocycles. The topological polar surface area (TPSA) is 106 Å². The molecule has 1 atom stereocenters. The molecule has 1 heterocycles. The molecule has 1 unspecified atom stereocenters. The molecular formula is C4H4N4O3. The van der Waals surface area contributed by atoms with Crippen LogP contribution in [0.1, 0.15) is 6.42 Å². The Hall–Kier alpha value is -1.59. The highest BCUT2D eigenvalue weighted by molar-refractivity contribution is 6.04. The fraction of sp³-hybridized carbons (Fsp3) is 0.500. The van der Waals surface area contributed by atoms with Crippen molar-refractivity contribution in [1.82, 2.24) is 5.06 Å². The predicted octanol–water partition coefficient (Wildman–Crippen LogP) is -0.187. The Morgan fingerprint density at radius 1 is 1.73 bits per heavy atom. The summed E-state index contributed by atoms with van der Waals surface area (Å²) in [7, 11) is 0. The fourth-order valence-electron chi connectivity index (χ4n) is 0.756. The van der Waals surface area contributed by atoms with E-state index < -0.39 is 17.9 Å². The van der Waals surface area contributed by atoms with Gasteiger partial charge in [0.05, 0.1) is 0 Å². The van der Waals surface area contributed by atoms with Crippen LogP contribution in [0.25, 0.3) is 10.4 Å². The maximum Gasteiger partial charge on any atom is 0.262 e. The van der Waals surface area contributed by atoms with Gasteiger partial charge in [-0.3, -0.25) is 14.8 Å². The lowest BCUT2D eigenvalue weighted by molar-refractivity contribution is -0.171. The number of azide groups is 1. The second-order valence-electron chi connectivity index (χ2n) is 1.97. The van der Waals surface area contributed by atoms with Crippen LogP contribution in [0.4, 0.5) is 0 Å². The first-order valence-corrected chi connectivity index (χ1v) is 2.76. The normalized spacial score (nSPS) is 23.7. The molecular weight excluding hydrogens is 152 g/mol. The van der Waals surface area contributed by atoms with E-state index in [0.29, 0.717) is 0 Å². The monoisotopic (exact) mass is 156 g/mol. The third-order valence-corrected chi connectivity index (χ3v) is 1.29. The zero-order valence-corrected chi connectivity index (χ0v) is 5.34. The van der Waals surface area contributed by atoms with Gasteiger partial charge in [-0.25, -0.2) is 0 Å². The Balaban J connectivity index is 2.83. The molecule has 1 N–H and O–H groups in total. The number of amides is 2. The average Bonchev–Trinajstić information content (AvgIpc) is 2.19. The second kappa shape index (κ2) is 2.57. The minimum Gasteiger partial charge on any atom is -0.279 e. The van der Waals surface area contributed by atoms with E-state index in [4.69, 9.17) is 10.7 Å². The maximum absolute atomic E-state index is 10.7. The zero-order chi connectivity index (χ0) is 8.43. The number of carbonyl (C=O) groups excluding carboxylic acids is 2. The van der Waals surface area contributed by atoms with Gasteiger partial charge in [0.15, 0.2) is 0 Å². The van der Waals surface area contributed by atoms with E-state index in [1.807, 2.05) is 0 Å². The molecule has 0 spiro atoms. The second-order valence-corrected chi connectivity index (χ2v) is 1.97. The standard InChI is InChI=1S/C4H4N4O3/c5-7-6-2-1-3(9)8(11)4(2)10/h2,11H,1H2. The molecule has 0 saturated carbocycles. The molecule has 58 valence electrons. The number of hydrogen-bond acceptors (Lipinski definition) is 4. The molecule has 1 rings (SSSR count). The first-order chi connectivity index (χ1) is 5.16. The van der Waals surface area contributed by atoms with Crippen molar-refractivity contribution in [2.24, 2.45) is 5.11 Å². The summed E-state index contributed by atoms with van der Waals surface area (Å²) in [5.74, 6) is -1.61. The van der Waals surface area contributed by atoms with Crippen LogP contribution >= 0.6 is 0 Å². The number of hydroxylamine groups is 2. The van der Waals surface area contributed by atoms with E-state index in [1.165, 1.54) is 0 Å². The van der Waals surface area contributed by atoms with Gasteiger partial charge in [-0.15, -0.1) is 0 Å². The predicted molar refractivity (Wildman–Crippen MR) is 31.2 cm³/mol. The van der Waals surface area contributed by atoms with Crippen molar-refractivity contribution in [3.63, 3.8) is 0 Å². The third-order valence-electron chi connectivity index (χ3n) is 1.29. The van der Waals surface area contributed by atoms with Gasteiger partial charge >= 0.3 is 0 Å². The highest BCUT2D eigenvalue weighted by Gasteiger charge is 2.37. The van der Waals surface area contributed by atoms with Crippen LogP contribution in [0.15, 0.2) is 5.11 Å².